The number of aromatic nitrogens is 3. The molecule has 3 aromatic rings. The summed E-state index contributed by atoms with van der Waals surface area (Å²) in [6, 6.07) is 6.72. The van der Waals surface area contributed by atoms with Gasteiger partial charge >= 0.3 is 0 Å². The smallest absolute Gasteiger partial charge is 0.249 e. The molecule has 0 fully saturated rings. The molecule has 5 nitrogen and oxygen atoms in total. The van der Waals surface area contributed by atoms with E-state index >= 15 is 0 Å². The molecule has 0 amide bonds. The molecule has 25 heavy (non-hydrogen) atoms. The normalized spacial score (nSPS) is 10.6. The van der Waals surface area contributed by atoms with E-state index in [9.17, 15) is 13.2 Å². The highest BCUT2D eigenvalue weighted by atomic mass is 35.5. The fourth-order valence-corrected chi connectivity index (χ4v) is 2.40. The third kappa shape index (κ3) is 3.75. The second kappa shape index (κ2) is 7.12. The Hall–Kier alpha value is -2.58. The van der Waals surface area contributed by atoms with Gasteiger partial charge in [0.1, 0.15) is 0 Å². The fraction of sp³-hybridized carbons (Fsp3) is 0. The minimum Gasteiger partial charge on any atom is -0.336 e. The second-order valence-corrected chi connectivity index (χ2v) is 5.55. The van der Waals surface area contributed by atoms with Crippen molar-refractivity contribution in [3.05, 3.63) is 64.0 Å². The van der Waals surface area contributed by atoms with Gasteiger partial charge in [0, 0.05) is 0 Å². The summed E-state index contributed by atoms with van der Waals surface area (Å²) in [6.07, 6.45) is 1.18. The van der Waals surface area contributed by atoms with Gasteiger partial charge in [-0.05, 0) is 24.3 Å². The Morgan fingerprint density at radius 1 is 0.880 bits per heavy atom. The van der Waals surface area contributed by atoms with E-state index in [0.29, 0.717) is 15.7 Å². The molecule has 0 radical (unpaired) electrons. The highest BCUT2D eigenvalue weighted by Gasteiger charge is 2.14. The molecule has 0 aliphatic carbocycles. The van der Waals surface area contributed by atoms with E-state index < -0.39 is 17.5 Å². The SMILES string of the molecule is Fc1ccc(Nc2cnnc(Nc3c(Cl)cccc3Cl)n2)c(F)c1F. The predicted octanol–water partition coefficient (Wildman–Crippen LogP) is 5.08. The molecule has 0 aliphatic heterocycles. The molecule has 0 saturated carbocycles. The highest BCUT2D eigenvalue weighted by Crippen LogP contribution is 2.31. The zero-order valence-electron chi connectivity index (χ0n) is 12.2. The molecular formula is C15H8Cl2F3N5. The van der Waals surface area contributed by atoms with Crippen molar-refractivity contribution in [2.45, 2.75) is 0 Å². The van der Waals surface area contributed by atoms with E-state index in [-0.39, 0.29) is 17.5 Å². The molecule has 0 saturated heterocycles. The first kappa shape index (κ1) is 17.2. The number of nitrogens with zero attached hydrogens (tertiary/aromatic N) is 3. The Kier molecular flexibility index (Phi) is 4.91. The quantitative estimate of drug-likeness (QED) is 0.612. The van der Waals surface area contributed by atoms with Crippen LogP contribution in [0.4, 0.5) is 36.3 Å². The number of para-hydroxylation sites is 1. The number of halogens is 5. The molecule has 1 heterocycles. The first-order chi connectivity index (χ1) is 12.0. The number of hydrogen-bond acceptors (Lipinski definition) is 5. The van der Waals surface area contributed by atoms with Gasteiger partial charge in [0.15, 0.2) is 23.3 Å². The van der Waals surface area contributed by atoms with Crippen molar-refractivity contribution >= 4 is 46.3 Å². The maximum absolute atomic E-state index is 13.7. The van der Waals surface area contributed by atoms with Crippen LogP contribution in [0.1, 0.15) is 0 Å². The average Bonchev–Trinajstić information content (AvgIpc) is 2.59. The fourth-order valence-electron chi connectivity index (χ4n) is 1.91. The summed E-state index contributed by atoms with van der Waals surface area (Å²) in [5, 5.41) is 13.4. The van der Waals surface area contributed by atoms with Gasteiger partial charge in [-0.2, -0.15) is 10.1 Å². The lowest BCUT2D eigenvalue weighted by Gasteiger charge is -2.10. The van der Waals surface area contributed by atoms with Gasteiger partial charge in [-0.3, -0.25) is 0 Å². The van der Waals surface area contributed by atoms with Gasteiger partial charge in [0.25, 0.3) is 0 Å². The molecule has 3 rings (SSSR count). The summed E-state index contributed by atoms with van der Waals surface area (Å²) in [7, 11) is 0. The van der Waals surface area contributed by atoms with Crippen LogP contribution < -0.4 is 10.6 Å². The van der Waals surface area contributed by atoms with Gasteiger partial charge in [0.2, 0.25) is 5.95 Å². The minimum atomic E-state index is -1.59. The molecule has 1 aromatic heterocycles. The monoisotopic (exact) mass is 385 g/mol. The zero-order valence-corrected chi connectivity index (χ0v) is 13.7. The summed E-state index contributed by atoms with van der Waals surface area (Å²) >= 11 is 12.1. The summed E-state index contributed by atoms with van der Waals surface area (Å²) in [5.74, 6) is -4.19. The maximum Gasteiger partial charge on any atom is 0.249 e. The average molecular weight is 386 g/mol. The van der Waals surface area contributed by atoms with Crippen LogP contribution in [-0.2, 0) is 0 Å². The zero-order chi connectivity index (χ0) is 18.0. The first-order valence-electron chi connectivity index (χ1n) is 6.77. The van der Waals surface area contributed by atoms with E-state index in [2.05, 4.69) is 25.8 Å². The van der Waals surface area contributed by atoms with Gasteiger partial charge in [-0.25, -0.2) is 13.2 Å². The number of nitrogens with one attached hydrogen (secondary N) is 2. The van der Waals surface area contributed by atoms with Crippen molar-refractivity contribution in [1.29, 1.82) is 0 Å². The van der Waals surface area contributed by atoms with Crippen LogP contribution in [0.15, 0.2) is 36.5 Å². The van der Waals surface area contributed by atoms with Crippen LogP contribution in [-0.4, -0.2) is 15.2 Å². The minimum absolute atomic E-state index is 0.0167. The molecule has 2 N–H and O–H groups in total. The van der Waals surface area contributed by atoms with Crippen molar-refractivity contribution < 1.29 is 13.2 Å². The Labute approximate surface area is 149 Å². The van der Waals surface area contributed by atoms with Crippen LogP contribution in [0.3, 0.4) is 0 Å². The Morgan fingerprint density at radius 2 is 1.60 bits per heavy atom. The van der Waals surface area contributed by atoms with E-state index in [1.165, 1.54) is 6.20 Å². The molecule has 0 aliphatic rings. The molecule has 10 heteroatoms. The summed E-state index contributed by atoms with van der Waals surface area (Å²) in [6.45, 7) is 0. The molecule has 0 bridgehead atoms. The van der Waals surface area contributed by atoms with Crippen molar-refractivity contribution in [2.75, 3.05) is 10.6 Å². The summed E-state index contributed by atoms with van der Waals surface area (Å²) in [5.41, 5.74) is 0.0601. The van der Waals surface area contributed by atoms with Gasteiger partial charge in [-0.15, -0.1) is 5.10 Å². The molecule has 0 atom stereocenters. The van der Waals surface area contributed by atoms with E-state index in [1.807, 2.05) is 0 Å². The second-order valence-electron chi connectivity index (χ2n) is 4.73. The van der Waals surface area contributed by atoms with Gasteiger partial charge in [-0.1, -0.05) is 29.3 Å². The third-order valence-corrected chi connectivity index (χ3v) is 3.69. The van der Waals surface area contributed by atoms with Gasteiger partial charge in [0.05, 0.1) is 27.6 Å². The summed E-state index contributed by atoms with van der Waals surface area (Å²) < 4.78 is 39.9. The van der Waals surface area contributed by atoms with E-state index in [1.54, 1.807) is 18.2 Å². The molecule has 2 aromatic carbocycles. The Balaban J connectivity index is 1.86. The number of rotatable bonds is 4. The molecule has 128 valence electrons. The van der Waals surface area contributed by atoms with E-state index in [0.717, 1.165) is 12.1 Å². The third-order valence-electron chi connectivity index (χ3n) is 3.06. The topological polar surface area (TPSA) is 62.7 Å². The number of hydrogen-bond donors (Lipinski definition) is 2. The van der Waals surface area contributed by atoms with Crippen molar-refractivity contribution in [3.8, 4) is 0 Å². The van der Waals surface area contributed by atoms with Crippen LogP contribution >= 0.6 is 23.2 Å². The lowest BCUT2D eigenvalue weighted by Crippen LogP contribution is -2.05. The lowest BCUT2D eigenvalue weighted by molar-refractivity contribution is 0.449. The van der Waals surface area contributed by atoms with Crippen LogP contribution in [0.2, 0.25) is 10.0 Å². The lowest BCUT2D eigenvalue weighted by atomic mass is 10.3. The van der Waals surface area contributed by atoms with Gasteiger partial charge < -0.3 is 10.6 Å². The standard InChI is InChI=1S/C15H8Cl2F3N5/c16-7-2-1-3-8(17)14(7)24-15-23-11(6-21-25-15)22-10-5-4-9(18)12(19)13(10)20/h1-6H,(H2,22,23,24,25). The predicted molar refractivity (Wildman–Crippen MR) is 89.2 cm³/mol. The van der Waals surface area contributed by atoms with Crippen LogP contribution in [0.5, 0.6) is 0 Å². The Bertz CT molecular complexity index is 919. The molecule has 0 unspecified atom stereocenters. The highest BCUT2D eigenvalue weighted by molar-refractivity contribution is 6.39. The summed E-state index contributed by atoms with van der Waals surface area (Å²) in [4.78, 5) is 4.04. The Morgan fingerprint density at radius 3 is 2.32 bits per heavy atom. The van der Waals surface area contributed by atoms with Crippen LogP contribution in [0.25, 0.3) is 0 Å². The number of anilines is 4. The molecule has 0 spiro atoms. The van der Waals surface area contributed by atoms with E-state index in [4.69, 9.17) is 23.2 Å². The van der Waals surface area contributed by atoms with Crippen molar-refractivity contribution in [3.63, 3.8) is 0 Å². The molecular weight excluding hydrogens is 378 g/mol. The van der Waals surface area contributed by atoms with Crippen LogP contribution in [0, 0.1) is 17.5 Å². The first-order valence-corrected chi connectivity index (χ1v) is 7.52. The van der Waals surface area contributed by atoms with Crippen molar-refractivity contribution in [1.82, 2.24) is 15.2 Å². The maximum atomic E-state index is 13.7. The van der Waals surface area contributed by atoms with Crippen molar-refractivity contribution in [2.24, 2.45) is 0 Å². The largest absolute Gasteiger partial charge is 0.336 e. The number of benzene rings is 2.